The first-order chi connectivity index (χ1) is 30.5. The molecule has 3 nitrogen and oxygen atoms in total. The fraction of sp³-hybridized carbons (Fsp3) is 0.0345. The normalized spacial score (nSPS) is 12.9. The topological polar surface area (TPSA) is 42.9 Å². The maximum absolute atomic E-state index is 16.1. The zero-order valence-electron chi connectivity index (χ0n) is 34.3. The minimum atomic E-state index is -3.33. The van der Waals surface area contributed by atoms with Gasteiger partial charge >= 0.3 is 0 Å². The zero-order chi connectivity index (χ0) is 41.5. The molecule has 0 radical (unpaired) electrons. The molecule has 0 spiro atoms. The summed E-state index contributed by atoms with van der Waals surface area (Å²) in [5.41, 5.74) is 10.8. The highest BCUT2D eigenvalue weighted by atomic mass is 31.2. The average molecular weight is 811 g/mol. The fourth-order valence-corrected chi connectivity index (χ4v) is 12.4. The standard InChI is InChI=1S/C58H39N2OP/c1-36-20-32-49-53(50-33-25-38-12-6-9-17-46(38)56(50)59-55(49)37(36)2)41-21-28-44(29-22-41)62(61,43-15-4-3-5-16-43)45-30-23-42(24-31-45)54-51-34-26-39-13-7-10-18-47(39)57(51)60-58-48-19-11-8-14-40(48)27-35-52(54)58/h3-35H,1-2H3. The van der Waals surface area contributed by atoms with Gasteiger partial charge in [-0.15, -0.1) is 0 Å². The van der Waals surface area contributed by atoms with Crippen molar-refractivity contribution in [3.05, 3.63) is 211 Å². The number of nitrogens with zero attached hydrogens (tertiary/aromatic N) is 2. The maximum atomic E-state index is 16.1. The summed E-state index contributed by atoms with van der Waals surface area (Å²) in [5, 5.41) is 13.7. The Labute approximate surface area is 359 Å². The van der Waals surface area contributed by atoms with Gasteiger partial charge in [0.1, 0.15) is 0 Å². The predicted molar refractivity (Wildman–Crippen MR) is 264 cm³/mol. The van der Waals surface area contributed by atoms with Gasteiger partial charge in [0.2, 0.25) is 0 Å². The molecule has 0 aliphatic carbocycles. The van der Waals surface area contributed by atoms with Gasteiger partial charge in [-0.3, -0.25) is 0 Å². The molecule has 2 heterocycles. The van der Waals surface area contributed by atoms with Crippen LogP contribution in [0.3, 0.4) is 0 Å². The Bertz CT molecular complexity index is 3750. The number of aromatic nitrogens is 2. The molecule has 12 rings (SSSR count). The summed E-state index contributed by atoms with van der Waals surface area (Å²) < 4.78 is 16.1. The van der Waals surface area contributed by atoms with E-state index in [-0.39, 0.29) is 0 Å². The number of hydrogen-bond donors (Lipinski definition) is 0. The molecule has 0 aliphatic rings. The van der Waals surface area contributed by atoms with E-state index < -0.39 is 7.14 Å². The molecule has 12 aromatic rings. The first kappa shape index (κ1) is 36.4. The van der Waals surface area contributed by atoms with E-state index in [0.29, 0.717) is 0 Å². The van der Waals surface area contributed by atoms with Crippen molar-refractivity contribution in [2.24, 2.45) is 0 Å². The van der Waals surface area contributed by atoms with Crippen molar-refractivity contribution in [3.8, 4) is 22.3 Å². The lowest BCUT2D eigenvalue weighted by Gasteiger charge is -2.21. The van der Waals surface area contributed by atoms with Gasteiger partial charge in [-0.05, 0) is 52.3 Å². The van der Waals surface area contributed by atoms with Gasteiger partial charge in [-0.2, -0.15) is 0 Å². The molecule has 0 N–H and O–H groups in total. The van der Waals surface area contributed by atoms with Crippen LogP contribution in [0, 0.1) is 13.8 Å². The van der Waals surface area contributed by atoms with Crippen LogP contribution in [-0.4, -0.2) is 9.97 Å². The Morgan fingerprint density at radius 1 is 0.323 bits per heavy atom. The van der Waals surface area contributed by atoms with Crippen LogP contribution in [0.2, 0.25) is 0 Å². The summed E-state index contributed by atoms with van der Waals surface area (Å²) in [6.45, 7) is 4.32. The summed E-state index contributed by atoms with van der Waals surface area (Å²) in [6.07, 6.45) is 0. The highest BCUT2D eigenvalue weighted by molar-refractivity contribution is 7.85. The molecule has 0 saturated heterocycles. The molecule has 0 aliphatic heterocycles. The van der Waals surface area contributed by atoms with Crippen LogP contribution in [0.5, 0.6) is 0 Å². The highest BCUT2D eigenvalue weighted by Crippen LogP contribution is 2.46. The van der Waals surface area contributed by atoms with Gasteiger partial charge in [-0.1, -0.05) is 200 Å². The Hall–Kier alpha value is -7.45. The molecule has 10 aromatic carbocycles. The van der Waals surface area contributed by atoms with Crippen molar-refractivity contribution in [2.45, 2.75) is 13.8 Å². The fourth-order valence-electron chi connectivity index (χ4n) is 9.78. The summed E-state index contributed by atoms with van der Waals surface area (Å²) in [6, 6.07) is 70.0. The van der Waals surface area contributed by atoms with Gasteiger partial charge < -0.3 is 4.57 Å². The summed E-state index contributed by atoms with van der Waals surface area (Å²) in [7, 11) is -3.33. The molecule has 1 atom stereocenters. The molecular weight excluding hydrogens is 772 g/mol. The van der Waals surface area contributed by atoms with Gasteiger partial charge in [0.15, 0.2) is 7.14 Å². The molecule has 0 saturated carbocycles. The summed E-state index contributed by atoms with van der Waals surface area (Å²) in [4.78, 5) is 10.7. The maximum Gasteiger partial charge on any atom is 0.171 e. The van der Waals surface area contributed by atoms with E-state index in [1.807, 2.05) is 30.3 Å². The lowest BCUT2D eigenvalue weighted by Crippen LogP contribution is -2.25. The van der Waals surface area contributed by atoms with Crippen LogP contribution >= 0.6 is 7.14 Å². The monoisotopic (exact) mass is 810 g/mol. The van der Waals surface area contributed by atoms with Crippen molar-refractivity contribution in [1.82, 2.24) is 9.97 Å². The van der Waals surface area contributed by atoms with Gasteiger partial charge in [-0.25, -0.2) is 9.97 Å². The van der Waals surface area contributed by atoms with E-state index in [9.17, 15) is 0 Å². The minimum absolute atomic E-state index is 0.788. The van der Waals surface area contributed by atoms with Crippen molar-refractivity contribution < 1.29 is 4.57 Å². The molecule has 292 valence electrons. The van der Waals surface area contributed by atoms with E-state index in [1.54, 1.807) is 0 Å². The Kier molecular flexibility index (Phi) is 8.26. The molecule has 4 heteroatoms. The van der Waals surface area contributed by atoms with E-state index in [2.05, 4.69) is 184 Å². The van der Waals surface area contributed by atoms with Gasteiger partial charge in [0, 0.05) is 64.7 Å². The third kappa shape index (κ3) is 5.49. The molecule has 2 aromatic heterocycles. The average Bonchev–Trinajstić information content (AvgIpc) is 3.34. The Balaban J connectivity index is 1.03. The number of rotatable bonds is 5. The summed E-state index contributed by atoms with van der Waals surface area (Å²) in [5.74, 6) is 0. The number of fused-ring (bicyclic) bond motifs is 10. The Morgan fingerprint density at radius 2 is 0.677 bits per heavy atom. The lowest BCUT2D eigenvalue weighted by atomic mass is 9.92. The smallest absolute Gasteiger partial charge is 0.171 e. The van der Waals surface area contributed by atoms with Crippen molar-refractivity contribution in [1.29, 1.82) is 0 Å². The molecule has 0 amide bonds. The first-order valence-corrected chi connectivity index (χ1v) is 22.9. The molecule has 62 heavy (non-hydrogen) atoms. The van der Waals surface area contributed by atoms with Crippen molar-refractivity contribution in [3.63, 3.8) is 0 Å². The van der Waals surface area contributed by atoms with Crippen LogP contribution in [0.4, 0.5) is 0 Å². The van der Waals surface area contributed by atoms with Crippen LogP contribution < -0.4 is 15.9 Å². The SMILES string of the molecule is Cc1ccc2c(-c3ccc(P(=O)(c4ccccc4)c4ccc(-c5c6ccc7ccccc7c6nc6c5ccc5ccccc56)cc4)cc3)c3ccc4ccccc4c3nc2c1C. The Morgan fingerprint density at radius 3 is 1.13 bits per heavy atom. The van der Waals surface area contributed by atoms with Crippen LogP contribution in [-0.2, 0) is 4.57 Å². The van der Waals surface area contributed by atoms with Crippen molar-refractivity contribution in [2.75, 3.05) is 0 Å². The summed E-state index contributed by atoms with van der Waals surface area (Å²) >= 11 is 0. The number of benzene rings is 10. The lowest BCUT2D eigenvalue weighted by molar-refractivity contribution is 0.592. The van der Waals surface area contributed by atoms with Crippen LogP contribution in [0.25, 0.3) is 98.2 Å². The van der Waals surface area contributed by atoms with Gasteiger partial charge in [0.25, 0.3) is 0 Å². The van der Waals surface area contributed by atoms with Crippen LogP contribution in [0.15, 0.2) is 200 Å². The van der Waals surface area contributed by atoms with E-state index >= 15 is 4.57 Å². The predicted octanol–water partition coefficient (Wildman–Crippen LogP) is 14.1. The highest BCUT2D eigenvalue weighted by Gasteiger charge is 2.30. The zero-order valence-corrected chi connectivity index (χ0v) is 35.2. The minimum Gasteiger partial charge on any atom is -0.309 e. The number of aryl methyl sites for hydroxylation is 2. The second-order valence-corrected chi connectivity index (χ2v) is 19.2. The molecule has 0 fully saturated rings. The third-order valence-corrected chi connectivity index (χ3v) is 16.2. The third-order valence-electron chi connectivity index (χ3n) is 13.1. The second kappa shape index (κ2) is 14.1. The second-order valence-electron chi connectivity index (χ2n) is 16.5. The van der Waals surface area contributed by atoms with E-state index in [4.69, 9.17) is 9.97 Å². The van der Waals surface area contributed by atoms with Crippen molar-refractivity contribution >= 4 is 99.0 Å². The molecule has 1 unspecified atom stereocenters. The first-order valence-electron chi connectivity index (χ1n) is 21.2. The largest absolute Gasteiger partial charge is 0.309 e. The number of hydrogen-bond acceptors (Lipinski definition) is 3. The molecular formula is C58H39N2OP. The van der Waals surface area contributed by atoms with E-state index in [1.165, 1.54) is 16.5 Å². The molecule has 0 bridgehead atoms. The van der Waals surface area contributed by atoms with Crippen LogP contribution in [0.1, 0.15) is 11.1 Å². The van der Waals surface area contributed by atoms with E-state index in [0.717, 1.165) is 109 Å². The number of pyridine rings is 2. The quantitative estimate of drug-likeness (QED) is 0.0988. The van der Waals surface area contributed by atoms with Gasteiger partial charge in [0.05, 0.1) is 22.1 Å².